The third kappa shape index (κ3) is 2.11. The molecule has 0 amide bonds. The average Bonchev–Trinajstić information content (AvgIpc) is 2.89. The van der Waals surface area contributed by atoms with Crippen molar-refractivity contribution in [3.05, 3.63) is 42.0 Å². The van der Waals surface area contributed by atoms with Gasteiger partial charge in [-0.3, -0.25) is 0 Å². The van der Waals surface area contributed by atoms with Crippen LogP contribution in [0.2, 0.25) is 0 Å². The van der Waals surface area contributed by atoms with Crippen molar-refractivity contribution in [2.45, 2.75) is 25.8 Å². The number of rotatable bonds is 3. The highest BCUT2D eigenvalue weighted by Crippen LogP contribution is 2.22. The molecular weight excluding hydrogens is 158 g/mol. The Bertz CT molecular complexity index is 306. The van der Waals surface area contributed by atoms with Crippen LogP contribution in [0.25, 0.3) is 5.70 Å². The maximum atomic E-state index is 4.02. The third-order valence-corrected chi connectivity index (χ3v) is 2.36. The fourth-order valence-electron chi connectivity index (χ4n) is 1.31. The van der Waals surface area contributed by atoms with Gasteiger partial charge >= 0.3 is 0 Å². The van der Waals surface area contributed by atoms with Crippen molar-refractivity contribution in [1.82, 2.24) is 5.32 Å². The van der Waals surface area contributed by atoms with E-state index in [0.29, 0.717) is 6.04 Å². The summed E-state index contributed by atoms with van der Waals surface area (Å²) < 4.78 is 0. The minimum absolute atomic E-state index is 0.689. The normalized spacial score (nSPS) is 15.5. The van der Waals surface area contributed by atoms with Crippen LogP contribution in [0.4, 0.5) is 0 Å². The van der Waals surface area contributed by atoms with E-state index in [1.807, 2.05) is 0 Å². The minimum Gasteiger partial charge on any atom is -0.382 e. The van der Waals surface area contributed by atoms with Gasteiger partial charge in [-0.25, -0.2) is 0 Å². The Labute approximate surface area is 79.5 Å². The third-order valence-electron chi connectivity index (χ3n) is 2.36. The molecule has 1 heteroatoms. The van der Waals surface area contributed by atoms with Gasteiger partial charge in [0.05, 0.1) is 0 Å². The number of hydrogen-bond donors (Lipinski definition) is 1. The van der Waals surface area contributed by atoms with Crippen LogP contribution >= 0.6 is 0 Å². The Morgan fingerprint density at radius 2 is 1.92 bits per heavy atom. The molecule has 0 spiro atoms. The molecule has 1 nitrogen and oxygen atoms in total. The molecule has 0 saturated heterocycles. The first kappa shape index (κ1) is 8.36. The first-order chi connectivity index (χ1) is 6.25. The molecule has 13 heavy (non-hydrogen) atoms. The Morgan fingerprint density at radius 3 is 2.46 bits per heavy atom. The number of hydrogen-bond acceptors (Lipinski definition) is 1. The maximum absolute atomic E-state index is 4.02. The summed E-state index contributed by atoms with van der Waals surface area (Å²) in [5.41, 5.74) is 3.56. The van der Waals surface area contributed by atoms with Gasteiger partial charge in [0.1, 0.15) is 0 Å². The van der Waals surface area contributed by atoms with E-state index in [4.69, 9.17) is 0 Å². The summed E-state index contributed by atoms with van der Waals surface area (Å²) in [6, 6.07) is 9.17. The SMILES string of the molecule is C=C(NC1CC1)c1ccc(C)cc1. The van der Waals surface area contributed by atoms with Crippen LogP contribution in [-0.2, 0) is 0 Å². The molecule has 1 fully saturated rings. The molecule has 68 valence electrons. The Hall–Kier alpha value is -1.24. The summed E-state index contributed by atoms with van der Waals surface area (Å²) in [7, 11) is 0. The zero-order valence-corrected chi connectivity index (χ0v) is 8.01. The van der Waals surface area contributed by atoms with E-state index in [1.54, 1.807) is 0 Å². The first-order valence-corrected chi connectivity index (χ1v) is 4.78. The smallest absolute Gasteiger partial charge is 0.0342 e. The molecule has 1 saturated carbocycles. The number of benzene rings is 1. The van der Waals surface area contributed by atoms with Crippen molar-refractivity contribution in [2.75, 3.05) is 0 Å². The van der Waals surface area contributed by atoms with Crippen molar-refractivity contribution >= 4 is 5.70 Å². The van der Waals surface area contributed by atoms with E-state index >= 15 is 0 Å². The van der Waals surface area contributed by atoms with Crippen LogP contribution in [0.5, 0.6) is 0 Å². The van der Waals surface area contributed by atoms with Gasteiger partial charge in [0.15, 0.2) is 0 Å². The largest absolute Gasteiger partial charge is 0.382 e. The fourth-order valence-corrected chi connectivity index (χ4v) is 1.31. The lowest BCUT2D eigenvalue weighted by atomic mass is 10.1. The molecule has 0 aromatic heterocycles. The highest BCUT2D eigenvalue weighted by Gasteiger charge is 2.21. The monoisotopic (exact) mass is 173 g/mol. The van der Waals surface area contributed by atoms with Gasteiger partial charge in [0.2, 0.25) is 0 Å². The molecular formula is C12H15N. The number of nitrogens with one attached hydrogen (secondary N) is 1. The lowest BCUT2D eigenvalue weighted by molar-refractivity contribution is 0.885. The van der Waals surface area contributed by atoms with Crippen LogP contribution in [0.3, 0.4) is 0 Å². The molecule has 0 atom stereocenters. The van der Waals surface area contributed by atoms with Crippen LogP contribution in [-0.4, -0.2) is 6.04 Å². The Balaban J connectivity index is 2.05. The van der Waals surface area contributed by atoms with Gasteiger partial charge in [0.25, 0.3) is 0 Å². The van der Waals surface area contributed by atoms with Crippen molar-refractivity contribution < 1.29 is 0 Å². The summed E-state index contributed by atoms with van der Waals surface area (Å²) >= 11 is 0. The highest BCUT2D eigenvalue weighted by atomic mass is 15.0. The van der Waals surface area contributed by atoms with Crippen LogP contribution in [0, 0.1) is 6.92 Å². The second-order valence-corrected chi connectivity index (χ2v) is 3.76. The number of aryl methyl sites for hydroxylation is 1. The Morgan fingerprint density at radius 1 is 1.31 bits per heavy atom. The van der Waals surface area contributed by atoms with Gasteiger partial charge < -0.3 is 5.32 Å². The van der Waals surface area contributed by atoms with Crippen molar-refractivity contribution in [1.29, 1.82) is 0 Å². The highest BCUT2D eigenvalue weighted by molar-refractivity contribution is 5.62. The summed E-state index contributed by atoms with van der Waals surface area (Å²) in [6.45, 7) is 6.12. The molecule has 0 unspecified atom stereocenters. The molecule has 1 aliphatic carbocycles. The van der Waals surface area contributed by atoms with E-state index in [0.717, 1.165) is 5.70 Å². The molecule has 0 heterocycles. The summed E-state index contributed by atoms with van der Waals surface area (Å²) in [5, 5.41) is 3.40. The predicted octanol–water partition coefficient (Wildman–Crippen LogP) is 2.72. The molecule has 1 aromatic carbocycles. The fraction of sp³-hybridized carbons (Fsp3) is 0.333. The van der Waals surface area contributed by atoms with Crippen LogP contribution in [0.1, 0.15) is 24.0 Å². The van der Waals surface area contributed by atoms with Crippen molar-refractivity contribution in [3.63, 3.8) is 0 Å². The average molecular weight is 173 g/mol. The van der Waals surface area contributed by atoms with Gasteiger partial charge in [-0.2, -0.15) is 0 Å². The quantitative estimate of drug-likeness (QED) is 0.741. The molecule has 1 aromatic rings. The van der Waals surface area contributed by atoms with E-state index in [1.165, 1.54) is 24.0 Å². The first-order valence-electron chi connectivity index (χ1n) is 4.78. The van der Waals surface area contributed by atoms with Crippen molar-refractivity contribution in [2.24, 2.45) is 0 Å². The summed E-state index contributed by atoms with van der Waals surface area (Å²) in [5.74, 6) is 0. The van der Waals surface area contributed by atoms with Gasteiger partial charge in [-0.15, -0.1) is 0 Å². The van der Waals surface area contributed by atoms with E-state index in [2.05, 4.69) is 43.1 Å². The second kappa shape index (κ2) is 3.25. The summed E-state index contributed by atoms with van der Waals surface area (Å²) in [4.78, 5) is 0. The van der Waals surface area contributed by atoms with Gasteiger partial charge in [0, 0.05) is 11.7 Å². The van der Waals surface area contributed by atoms with Gasteiger partial charge in [-0.05, 0) is 25.3 Å². The second-order valence-electron chi connectivity index (χ2n) is 3.76. The van der Waals surface area contributed by atoms with Crippen LogP contribution < -0.4 is 5.32 Å². The lowest BCUT2D eigenvalue weighted by Crippen LogP contribution is -2.13. The summed E-state index contributed by atoms with van der Waals surface area (Å²) in [6.07, 6.45) is 2.59. The minimum atomic E-state index is 0.689. The molecule has 1 aliphatic rings. The molecule has 0 bridgehead atoms. The van der Waals surface area contributed by atoms with E-state index < -0.39 is 0 Å². The zero-order chi connectivity index (χ0) is 9.26. The Kier molecular flexibility index (Phi) is 2.09. The van der Waals surface area contributed by atoms with Gasteiger partial charge in [-0.1, -0.05) is 36.4 Å². The predicted molar refractivity (Wildman–Crippen MR) is 56.4 cm³/mol. The molecule has 1 N–H and O–H groups in total. The molecule has 2 rings (SSSR count). The zero-order valence-electron chi connectivity index (χ0n) is 8.01. The standard InChI is InChI=1S/C12H15N/c1-9-3-5-11(6-4-9)10(2)13-12-7-8-12/h3-6,12-13H,2,7-8H2,1H3. The topological polar surface area (TPSA) is 12.0 Å². The van der Waals surface area contributed by atoms with E-state index in [9.17, 15) is 0 Å². The van der Waals surface area contributed by atoms with E-state index in [-0.39, 0.29) is 0 Å². The lowest BCUT2D eigenvalue weighted by Gasteiger charge is -2.08. The molecule has 0 aliphatic heterocycles. The maximum Gasteiger partial charge on any atom is 0.0342 e. The molecule has 0 radical (unpaired) electrons. The van der Waals surface area contributed by atoms with Crippen LogP contribution in [0.15, 0.2) is 30.8 Å². The van der Waals surface area contributed by atoms with Crippen molar-refractivity contribution in [3.8, 4) is 0 Å².